The summed E-state index contributed by atoms with van der Waals surface area (Å²) in [7, 11) is 0. The Morgan fingerprint density at radius 2 is 2.00 bits per heavy atom. The quantitative estimate of drug-likeness (QED) is 0.696. The molecule has 0 aliphatic carbocycles. The number of carbonyl (C=O) groups excluding carboxylic acids is 3. The normalized spacial score (nSPS) is 22.6. The average Bonchev–Trinajstić information content (AvgIpc) is 3.25. The Bertz CT molecular complexity index is 1040. The number of anilines is 2. The van der Waals surface area contributed by atoms with Crippen molar-refractivity contribution in [3.8, 4) is 0 Å². The molecule has 3 amide bonds. The molecule has 2 aliphatic rings. The van der Waals surface area contributed by atoms with Crippen molar-refractivity contribution in [3.63, 3.8) is 0 Å². The fraction of sp³-hybridized carbons (Fsp3) is 0.391. The lowest BCUT2D eigenvalue weighted by Gasteiger charge is -2.29. The molecule has 3 heterocycles. The molecule has 4 N–H and O–H groups in total. The van der Waals surface area contributed by atoms with Gasteiger partial charge < -0.3 is 21.3 Å². The Morgan fingerprint density at radius 3 is 2.65 bits per heavy atom. The lowest BCUT2D eigenvalue weighted by Crippen LogP contribution is -2.44. The van der Waals surface area contributed by atoms with Crippen LogP contribution in [0.5, 0.6) is 0 Å². The van der Waals surface area contributed by atoms with Crippen LogP contribution in [0, 0.1) is 5.41 Å². The number of hydrogen-bond donors (Lipinski definition) is 3. The highest BCUT2D eigenvalue weighted by Gasteiger charge is 2.56. The van der Waals surface area contributed by atoms with Crippen LogP contribution in [0.25, 0.3) is 0 Å². The van der Waals surface area contributed by atoms with E-state index in [0.717, 1.165) is 11.3 Å². The highest BCUT2D eigenvalue weighted by molar-refractivity contribution is 6.09. The molecule has 1 aromatic carbocycles. The van der Waals surface area contributed by atoms with Crippen LogP contribution in [0.15, 0.2) is 42.6 Å². The van der Waals surface area contributed by atoms with E-state index >= 15 is 0 Å². The molecule has 1 fully saturated rings. The molecule has 2 aliphatic heterocycles. The van der Waals surface area contributed by atoms with Crippen molar-refractivity contribution < 1.29 is 14.4 Å². The number of hydrogen-bond acceptors (Lipinski definition) is 5. The second-order valence-electron chi connectivity index (χ2n) is 9.47. The molecule has 8 nitrogen and oxygen atoms in total. The van der Waals surface area contributed by atoms with Crippen LogP contribution < -0.4 is 21.3 Å². The van der Waals surface area contributed by atoms with Gasteiger partial charge in [0.2, 0.25) is 11.8 Å². The molecule has 0 radical (unpaired) electrons. The zero-order valence-corrected chi connectivity index (χ0v) is 17.9. The number of aromatic nitrogens is 1. The van der Waals surface area contributed by atoms with Crippen LogP contribution in [0.3, 0.4) is 0 Å². The molecule has 1 spiro atoms. The first-order valence-corrected chi connectivity index (χ1v) is 10.3. The first kappa shape index (κ1) is 21.0. The fourth-order valence-electron chi connectivity index (χ4n) is 4.41. The molecular formula is C23H27N5O3. The fourth-order valence-corrected chi connectivity index (χ4v) is 4.41. The molecule has 2 atom stereocenters. The highest BCUT2D eigenvalue weighted by Crippen LogP contribution is 2.47. The van der Waals surface area contributed by atoms with E-state index < -0.39 is 17.4 Å². The molecule has 4 rings (SSSR count). The SMILES string of the molecule is CC(C)(C)CN1C(=O)C2(CNC(C(=O)Nc3ccc(C(N)=O)nc3)C2)c2ccccc21. The maximum atomic E-state index is 13.6. The number of primary amides is 1. The topological polar surface area (TPSA) is 117 Å². The van der Waals surface area contributed by atoms with Gasteiger partial charge in [-0.15, -0.1) is 0 Å². The number of benzene rings is 1. The lowest BCUT2D eigenvalue weighted by molar-refractivity contribution is -0.123. The van der Waals surface area contributed by atoms with E-state index in [1.807, 2.05) is 29.2 Å². The van der Waals surface area contributed by atoms with Crippen LogP contribution in [0.1, 0.15) is 43.2 Å². The predicted molar refractivity (Wildman–Crippen MR) is 118 cm³/mol. The van der Waals surface area contributed by atoms with Crippen LogP contribution in [-0.4, -0.2) is 41.8 Å². The standard InChI is InChI=1S/C23H27N5O3/c1-22(2,3)13-28-18-7-5-4-6-15(18)23(21(28)31)10-17(26-12-23)20(30)27-14-8-9-16(19(24)29)25-11-14/h4-9,11,17,26H,10,12-13H2,1-3H3,(H2,24,29)(H,27,30). The van der Waals surface area contributed by atoms with Crippen molar-refractivity contribution in [2.45, 2.75) is 38.6 Å². The number of nitrogens with zero attached hydrogens (tertiary/aromatic N) is 2. The summed E-state index contributed by atoms with van der Waals surface area (Å²) < 4.78 is 0. The largest absolute Gasteiger partial charge is 0.364 e. The van der Waals surface area contributed by atoms with Crippen molar-refractivity contribution in [2.24, 2.45) is 11.1 Å². The van der Waals surface area contributed by atoms with Gasteiger partial charge in [0, 0.05) is 18.8 Å². The number of rotatable bonds is 4. The Balaban J connectivity index is 1.54. The predicted octanol–water partition coefficient (Wildman–Crippen LogP) is 1.81. The summed E-state index contributed by atoms with van der Waals surface area (Å²) in [6.07, 6.45) is 1.77. The average molecular weight is 422 g/mol. The zero-order valence-electron chi connectivity index (χ0n) is 17.9. The van der Waals surface area contributed by atoms with Crippen molar-refractivity contribution in [3.05, 3.63) is 53.9 Å². The van der Waals surface area contributed by atoms with Crippen molar-refractivity contribution in [1.82, 2.24) is 10.3 Å². The van der Waals surface area contributed by atoms with E-state index in [4.69, 9.17) is 5.73 Å². The van der Waals surface area contributed by atoms with E-state index in [9.17, 15) is 14.4 Å². The molecule has 0 saturated carbocycles. The Kier molecular flexibility index (Phi) is 5.05. The van der Waals surface area contributed by atoms with Crippen molar-refractivity contribution in [2.75, 3.05) is 23.3 Å². The monoisotopic (exact) mass is 421 g/mol. The van der Waals surface area contributed by atoms with E-state index in [2.05, 4.69) is 36.4 Å². The third-order valence-electron chi connectivity index (χ3n) is 5.80. The number of nitrogens with two attached hydrogens (primary N) is 1. The number of nitrogens with one attached hydrogen (secondary N) is 2. The number of para-hydroxylation sites is 1. The van der Waals surface area contributed by atoms with E-state index in [1.54, 1.807) is 6.07 Å². The van der Waals surface area contributed by atoms with Gasteiger partial charge >= 0.3 is 0 Å². The Morgan fingerprint density at radius 1 is 1.26 bits per heavy atom. The third-order valence-corrected chi connectivity index (χ3v) is 5.80. The summed E-state index contributed by atoms with van der Waals surface area (Å²) in [6.45, 7) is 7.33. The van der Waals surface area contributed by atoms with Gasteiger partial charge in [-0.1, -0.05) is 39.0 Å². The molecule has 1 saturated heterocycles. The summed E-state index contributed by atoms with van der Waals surface area (Å²) in [4.78, 5) is 43.4. The van der Waals surface area contributed by atoms with Crippen molar-refractivity contribution in [1.29, 1.82) is 0 Å². The number of amides is 3. The smallest absolute Gasteiger partial charge is 0.267 e. The summed E-state index contributed by atoms with van der Waals surface area (Å²) in [5, 5.41) is 6.04. The van der Waals surface area contributed by atoms with Crippen LogP contribution in [0.2, 0.25) is 0 Å². The van der Waals surface area contributed by atoms with Gasteiger partial charge in [-0.3, -0.25) is 14.4 Å². The number of pyridine rings is 1. The molecule has 1 aromatic heterocycles. The van der Waals surface area contributed by atoms with Gasteiger partial charge in [0.15, 0.2) is 0 Å². The number of carbonyl (C=O) groups is 3. The summed E-state index contributed by atoms with van der Waals surface area (Å²) in [5.41, 5.74) is 6.88. The second kappa shape index (κ2) is 7.46. The molecular weight excluding hydrogens is 394 g/mol. The minimum atomic E-state index is -0.752. The molecule has 162 valence electrons. The minimum absolute atomic E-state index is 0.0407. The Hall–Kier alpha value is -3.26. The maximum Gasteiger partial charge on any atom is 0.267 e. The summed E-state index contributed by atoms with van der Waals surface area (Å²) in [5.74, 6) is -0.834. The van der Waals surface area contributed by atoms with E-state index in [0.29, 0.717) is 25.2 Å². The van der Waals surface area contributed by atoms with Gasteiger partial charge in [0.25, 0.3) is 5.91 Å². The van der Waals surface area contributed by atoms with Crippen LogP contribution >= 0.6 is 0 Å². The molecule has 0 bridgehead atoms. The molecule has 2 aromatic rings. The first-order chi connectivity index (χ1) is 14.6. The van der Waals surface area contributed by atoms with Crippen molar-refractivity contribution >= 4 is 29.1 Å². The molecule has 8 heteroatoms. The van der Waals surface area contributed by atoms with Gasteiger partial charge in [-0.05, 0) is 35.6 Å². The third kappa shape index (κ3) is 3.79. The first-order valence-electron chi connectivity index (χ1n) is 10.3. The van der Waals surface area contributed by atoms with Gasteiger partial charge in [0.05, 0.1) is 23.3 Å². The number of fused-ring (bicyclic) bond motifs is 2. The van der Waals surface area contributed by atoms with E-state index in [1.165, 1.54) is 12.3 Å². The van der Waals surface area contributed by atoms with Crippen LogP contribution in [0.4, 0.5) is 11.4 Å². The van der Waals surface area contributed by atoms with Gasteiger partial charge in [-0.25, -0.2) is 4.98 Å². The Labute approximate surface area is 181 Å². The lowest BCUT2D eigenvalue weighted by atomic mass is 9.79. The summed E-state index contributed by atoms with van der Waals surface area (Å²) in [6, 6.07) is 10.4. The zero-order chi connectivity index (χ0) is 22.4. The maximum absolute atomic E-state index is 13.6. The minimum Gasteiger partial charge on any atom is -0.364 e. The highest BCUT2D eigenvalue weighted by atomic mass is 16.2. The summed E-state index contributed by atoms with van der Waals surface area (Å²) >= 11 is 0. The van der Waals surface area contributed by atoms with Gasteiger partial charge in [-0.2, -0.15) is 0 Å². The van der Waals surface area contributed by atoms with E-state index in [-0.39, 0.29) is 22.9 Å². The molecule has 2 unspecified atom stereocenters. The molecule has 31 heavy (non-hydrogen) atoms. The second-order valence-corrected chi connectivity index (χ2v) is 9.47. The van der Waals surface area contributed by atoms with Crippen LogP contribution in [-0.2, 0) is 15.0 Å². The van der Waals surface area contributed by atoms with Gasteiger partial charge in [0.1, 0.15) is 5.69 Å².